The lowest BCUT2D eigenvalue weighted by Crippen LogP contribution is -2.56. The first kappa shape index (κ1) is 17.7. The van der Waals surface area contributed by atoms with Crippen LogP contribution in [-0.2, 0) is 9.53 Å². The Balaban J connectivity index is 1.26. The Bertz CT molecular complexity index is 879. The van der Waals surface area contributed by atoms with E-state index in [-0.39, 0.29) is 6.04 Å². The Morgan fingerprint density at radius 3 is 2.54 bits per heavy atom. The summed E-state index contributed by atoms with van der Waals surface area (Å²) < 4.78 is 47.5. The highest BCUT2D eigenvalue weighted by molar-refractivity contribution is 5.81. The second-order valence-corrected chi connectivity index (χ2v) is 7.73. The van der Waals surface area contributed by atoms with Crippen molar-refractivity contribution in [1.82, 2.24) is 19.9 Å². The van der Waals surface area contributed by atoms with E-state index in [0.29, 0.717) is 25.9 Å². The van der Waals surface area contributed by atoms with Crippen LogP contribution in [0.3, 0.4) is 0 Å². The number of aromatic nitrogens is 3. The highest BCUT2D eigenvalue weighted by Crippen LogP contribution is 2.51. The third kappa shape index (κ3) is 2.80. The molecule has 3 saturated heterocycles. The van der Waals surface area contributed by atoms with Crippen molar-refractivity contribution in [1.29, 1.82) is 0 Å². The lowest BCUT2D eigenvalue weighted by Gasteiger charge is -2.42. The summed E-state index contributed by atoms with van der Waals surface area (Å²) in [6.45, 7) is 0.684. The van der Waals surface area contributed by atoms with Crippen LogP contribution in [0.2, 0.25) is 0 Å². The average Bonchev–Trinajstić information content (AvgIpc) is 3.36. The van der Waals surface area contributed by atoms with Crippen LogP contribution < -0.4 is 0 Å². The zero-order valence-corrected chi connectivity index (χ0v) is 14.9. The van der Waals surface area contributed by atoms with Gasteiger partial charge in [0.1, 0.15) is 5.69 Å². The Hall–Kier alpha value is -2.42. The Kier molecular flexibility index (Phi) is 3.97. The Morgan fingerprint density at radius 1 is 1.11 bits per heavy atom. The molecule has 4 unspecified atom stereocenters. The summed E-state index contributed by atoms with van der Waals surface area (Å²) in [4.78, 5) is 14.3. The van der Waals surface area contributed by atoms with Crippen molar-refractivity contribution in [3.8, 4) is 11.3 Å². The van der Waals surface area contributed by atoms with Gasteiger partial charge in [-0.25, -0.2) is 4.68 Å². The van der Waals surface area contributed by atoms with Gasteiger partial charge in [-0.2, -0.15) is 13.2 Å². The number of nitrogens with zero attached hydrogens (tertiary/aromatic N) is 4. The fourth-order valence-electron chi connectivity index (χ4n) is 4.62. The van der Waals surface area contributed by atoms with E-state index in [1.165, 1.54) is 4.90 Å². The molecule has 4 atom stereocenters. The predicted octanol–water partition coefficient (Wildman–Crippen LogP) is 2.68. The van der Waals surface area contributed by atoms with Crippen LogP contribution in [0.15, 0.2) is 36.5 Å². The van der Waals surface area contributed by atoms with Gasteiger partial charge in [-0.05, 0) is 12.8 Å². The quantitative estimate of drug-likeness (QED) is 0.806. The molecule has 4 heterocycles. The normalized spacial score (nSPS) is 29.9. The molecule has 0 saturated carbocycles. The first-order valence-electron chi connectivity index (χ1n) is 9.40. The highest BCUT2D eigenvalue weighted by atomic mass is 19.4. The maximum Gasteiger partial charge on any atom is 0.395 e. The fourth-order valence-corrected chi connectivity index (χ4v) is 4.62. The standard InChI is InChI=1S/C19H19F3N4O2/c20-19(21,22)17-15-7-6-14(28-15)16(17)18(27)25-8-12(9-25)26-10-13(23-24-26)11-4-2-1-3-5-11/h1-5,10,12,14-17H,6-9H2. The van der Waals surface area contributed by atoms with Crippen LogP contribution >= 0.6 is 0 Å². The molecule has 2 aromatic rings. The molecule has 28 heavy (non-hydrogen) atoms. The number of amides is 1. The van der Waals surface area contributed by atoms with Crippen LogP contribution in [0.4, 0.5) is 13.2 Å². The van der Waals surface area contributed by atoms with Gasteiger partial charge < -0.3 is 9.64 Å². The molecule has 148 valence electrons. The first-order chi connectivity index (χ1) is 13.4. The van der Waals surface area contributed by atoms with Crippen LogP contribution in [0, 0.1) is 11.8 Å². The highest BCUT2D eigenvalue weighted by Gasteiger charge is 2.63. The minimum absolute atomic E-state index is 0.0715. The molecule has 3 aliphatic rings. The minimum Gasteiger partial charge on any atom is -0.373 e. The number of ether oxygens (including phenoxy) is 1. The van der Waals surface area contributed by atoms with E-state index in [4.69, 9.17) is 4.74 Å². The molecular weight excluding hydrogens is 373 g/mol. The van der Waals surface area contributed by atoms with E-state index < -0.39 is 36.1 Å². The number of alkyl halides is 3. The lowest BCUT2D eigenvalue weighted by atomic mass is 9.77. The fraction of sp³-hybridized carbons (Fsp3) is 0.526. The van der Waals surface area contributed by atoms with Gasteiger partial charge >= 0.3 is 6.18 Å². The van der Waals surface area contributed by atoms with Gasteiger partial charge in [0, 0.05) is 18.7 Å². The van der Waals surface area contributed by atoms with Gasteiger partial charge in [0.2, 0.25) is 5.91 Å². The van der Waals surface area contributed by atoms with Crippen molar-refractivity contribution in [2.45, 2.75) is 37.3 Å². The van der Waals surface area contributed by atoms with Gasteiger partial charge in [0.15, 0.2) is 0 Å². The molecule has 1 amide bonds. The molecule has 0 radical (unpaired) electrons. The van der Waals surface area contributed by atoms with Gasteiger partial charge in [-0.1, -0.05) is 35.5 Å². The lowest BCUT2D eigenvalue weighted by molar-refractivity contribution is -0.200. The van der Waals surface area contributed by atoms with Gasteiger partial charge in [0.05, 0.1) is 36.3 Å². The molecule has 5 rings (SSSR count). The molecule has 6 nitrogen and oxygen atoms in total. The zero-order valence-electron chi connectivity index (χ0n) is 14.9. The second kappa shape index (κ2) is 6.30. The number of hydrogen-bond donors (Lipinski definition) is 0. The van der Waals surface area contributed by atoms with E-state index in [1.54, 1.807) is 10.9 Å². The summed E-state index contributed by atoms with van der Waals surface area (Å²) in [5.74, 6) is -3.25. The third-order valence-corrected chi connectivity index (χ3v) is 6.06. The largest absolute Gasteiger partial charge is 0.395 e. The number of carbonyl (C=O) groups is 1. The number of fused-ring (bicyclic) bond motifs is 2. The molecule has 3 aliphatic heterocycles. The Labute approximate surface area is 159 Å². The summed E-state index contributed by atoms with van der Waals surface area (Å²) in [5.41, 5.74) is 1.66. The van der Waals surface area contributed by atoms with Crippen LogP contribution in [0.1, 0.15) is 18.9 Å². The van der Waals surface area contributed by atoms with Gasteiger partial charge in [-0.15, -0.1) is 5.10 Å². The zero-order chi connectivity index (χ0) is 19.5. The molecule has 0 aliphatic carbocycles. The molecule has 3 fully saturated rings. The van der Waals surface area contributed by atoms with Crippen LogP contribution in [0.25, 0.3) is 11.3 Å². The molecule has 9 heteroatoms. The van der Waals surface area contributed by atoms with E-state index in [9.17, 15) is 18.0 Å². The monoisotopic (exact) mass is 392 g/mol. The topological polar surface area (TPSA) is 60.2 Å². The third-order valence-electron chi connectivity index (χ3n) is 6.06. The van der Waals surface area contributed by atoms with Gasteiger partial charge in [0.25, 0.3) is 0 Å². The van der Waals surface area contributed by atoms with E-state index in [1.807, 2.05) is 30.3 Å². The number of benzene rings is 1. The molecule has 1 aromatic carbocycles. The maximum atomic E-state index is 13.4. The molecule has 0 spiro atoms. The van der Waals surface area contributed by atoms with Crippen molar-refractivity contribution in [3.63, 3.8) is 0 Å². The number of rotatable bonds is 3. The summed E-state index contributed by atoms with van der Waals surface area (Å²) in [7, 11) is 0. The SMILES string of the molecule is O=C(C1C2CCC(O2)C1C(F)(F)F)N1CC(n2cc(-c3ccccc3)nn2)C1. The van der Waals surface area contributed by atoms with Crippen molar-refractivity contribution >= 4 is 5.91 Å². The number of likely N-dealkylation sites (tertiary alicyclic amines) is 1. The van der Waals surface area contributed by atoms with E-state index in [2.05, 4.69) is 10.3 Å². The average molecular weight is 392 g/mol. The summed E-state index contributed by atoms with van der Waals surface area (Å²) in [5, 5.41) is 8.28. The first-order valence-corrected chi connectivity index (χ1v) is 9.40. The van der Waals surface area contributed by atoms with Crippen LogP contribution in [-0.4, -0.2) is 57.3 Å². The number of halogens is 3. The minimum atomic E-state index is -4.42. The summed E-state index contributed by atoms with van der Waals surface area (Å²) >= 11 is 0. The van der Waals surface area contributed by atoms with Crippen molar-refractivity contribution in [2.24, 2.45) is 11.8 Å². The summed E-state index contributed by atoms with van der Waals surface area (Å²) in [6.07, 6.45) is -3.20. The van der Waals surface area contributed by atoms with E-state index in [0.717, 1.165) is 11.3 Å². The Morgan fingerprint density at radius 2 is 1.82 bits per heavy atom. The van der Waals surface area contributed by atoms with Crippen molar-refractivity contribution in [3.05, 3.63) is 36.5 Å². The molecule has 1 aromatic heterocycles. The summed E-state index contributed by atoms with van der Waals surface area (Å²) in [6, 6.07) is 9.52. The number of carbonyl (C=O) groups excluding carboxylic acids is 1. The van der Waals surface area contributed by atoms with Crippen molar-refractivity contribution in [2.75, 3.05) is 13.1 Å². The smallest absolute Gasteiger partial charge is 0.373 e. The second-order valence-electron chi connectivity index (χ2n) is 7.73. The molecular formula is C19H19F3N4O2. The molecule has 0 N–H and O–H groups in total. The van der Waals surface area contributed by atoms with Crippen molar-refractivity contribution < 1.29 is 22.7 Å². The predicted molar refractivity (Wildman–Crippen MR) is 92.0 cm³/mol. The molecule has 2 bridgehead atoms. The van der Waals surface area contributed by atoms with Crippen LogP contribution in [0.5, 0.6) is 0 Å². The van der Waals surface area contributed by atoms with Gasteiger partial charge in [-0.3, -0.25) is 4.79 Å². The van der Waals surface area contributed by atoms with E-state index >= 15 is 0 Å². The maximum absolute atomic E-state index is 13.4. The number of hydrogen-bond acceptors (Lipinski definition) is 4.